The number of benzene rings is 1. The highest BCUT2D eigenvalue weighted by molar-refractivity contribution is 6.31. The number of fused-ring (bicyclic) bond motifs is 5. The van der Waals surface area contributed by atoms with Gasteiger partial charge in [0.05, 0.1) is 35.7 Å². The molecule has 3 N–H and O–H groups in total. The summed E-state index contributed by atoms with van der Waals surface area (Å²) in [5.41, 5.74) is 8.63. The van der Waals surface area contributed by atoms with Gasteiger partial charge in [0.15, 0.2) is 0 Å². The lowest BCUT2D eigenvalue weighted by atomic mass is 10.1. The van der Waals surface area contributed by atoms with Gasteiger partial charge in [-0.3, -0.25) is 4.57 Å². The molecule has 7 nitrogen and oxygen atoms in total. The molecule has 2 aliphatic heterocycles. The summed E-state index contributed by atoms with van der Waals surface area (Å²) < 4.78 is 1.97. The van der Waals surface area contributed by atoms with E-state index in [1.54, 1.807) is 31.0 Å². The van der Waals surface area contributed by atoms with Crippen LogP contribution in [-0.4, -0.2) is 31.0 Å². The largest absolute Gasteiger partial charge is 0.405 e. The normalized spacial score (nSPS) is 22.6. The fourth-order valence-electron chi connectivity index (χ4n) is 2.95. The minimum absolute atomic E-state index is 0.0246. The van der Waals surface area contributed by atoms with Gasteiger partial charge in [0.1, 0.15) is 12.7 Å². The van der Waals surface area contributed by atoms with Crippen LogP contribution in [0.1, 0.15) is 11.3 Å². The van der Waals surface area contributed by atoms with E-state index in [1.807, 2.05) is 16.7 Å². The van der Waals surface area contributed by atoms with Gasteiger partial charge in [0.2, 0.25) is 5.84 Å². The zero-order valence-electron chi connectivity index (χ0n) is 11.4. The Morgan fingerprint density at radius 1 is 1.45 bits per heavy atom. The number of hydrogen-bond donors (Lipinski definition) is 2. The quantitative estimate of drug-likeness (QED) is 0.255. The highest BCUT2D eigenvalue weighted by Crippen LogP contribution is 2.34. The van der Waals surface area contributed by atoms with Crippen molar-refractivity contribution in [3.63, 3.8) is 0 Å². The third kappa shape index (κ3) is 1.57. The lowest BCUT2D eigenvalue weighted by molar-refractivity contribution is -0.703. The number of imidazole rings is 1. The van der Waals surface area contributed by atoms with Crippen LogP contribution in [0.2, 0.25) is 5.02 Å². The van der Waals surface area contributed by atoms with Crippen LogP contribution >= 0.6 is 11.6 Å². The monoisotopic (exact) mass is 315 g/mol. The summed E-state index contributed by atoms with van der Waals surface area (Å²) in [6.45, 7) is 0.442. The molecule has 2 aromatic rings. The molecular weight excluding hydrogens is 304 g/mol. The maximum atomic E-state index is 9.23. The van der Waals surface area contributed by atoms with Crippen molar-refractivity contribution in [1.29, 1.82) is 0 Å². The third-order valence-electron chi connectivity index (χ3n) is 3.99. The van der Waals surface area contributed by atoms with Gasteiger partial charge in [0, 0.05) is 5.02 Å². The fraction of sp³-hybridized carbons (Fsp3) is 0.0714. The van der Waals surface area contributed by atoms with E-state index in [-0.39, 0.29) is 10.4 Å². The molecule has 1 atom stereocenters. The van der Waals surface area contributed by atoms with Gasteiger partial charge in [-0.2, -0.15) is 9.48 Å². The summed E-state index contributed by atoms with van der Waals surface area (Å²) in [6, 6.07) is 5.54. The number of halogens is 1. The Morgan fingerprint density at radius 2 is 2.32 bits per heavy atom. The predicted octanol–water partition coefficient (Wildman–Crippen LogP) is 1.79. The first kappa shape index (κ1) is 13.1. The maximum Gasteiger partial charge on any atom is 0.344 e. The molecule has 8 heteroatoms. The van der Waals surface area contributed by atoms with E-state index in [0.29, 0.717) is 17.4 Å². The van der Waals surface area contributed by atoms with E-state index in [4.69, 9.17) is 17.3 Å². The summed E-state index contributed by atoms with van der Waals surface area (Å²) in [6.07, 6.45) is 6.94. The van der Waals surface area contributed by atoms with Gasteiger partial charge >= 0.3 is 5.96 Å². The first-order valence-corrected chi connectivity index (χ1v) is 6.97. The second-order valence-electron chi connectivity index (χ2n) is 5.15. The third-order valence-corrected chi connectivity index (χ3v) is 4.23. The van der Waals surface area contributed by atoms with Crippen molar-refractivity contribution in [1.82, 2.24) is 9.55 Å². The topological polar surface area (TPSA) is 88.8 Å². The van der Waals surface area contributed by atoms with Crippen molar-refractivity contribution in [3.8, 4) is 5.69 Å². The lowest BCUT2D eigenvalue weighted by Crippen LogP contribution is -2.54. The molecule has 2 aliphatic rings. The second kappa shape index (κ2) is 4.43. The van der Waals surface area contributed by atoms with Crippen LogP contribution in [0.4, 0.5) is 0 Å². The highest BCUT2D eigenvalue weighted by Gasteiger charge is 2.46. The number of quaternary nitrogens is 1. The van der Waals surface area contributed by atoms with E-state index in [0.717, 1.165) is 16.9 Å². The standard InChI is InChI=1S/C14H11ClN6O/c15-9-1-2-11-12(5-9)20-8-17-6-10(20)7-21(14(16)19-22)4-3-18-13(11)21/h1-6,8H,7H2,(H2-,16,19,22)/p+1. The number of hydrogen-bond acceptors (Lipinski definition) is 4. The molecule has 0 aliphatic carbocycles. The van der Waals surface area contributed by atoms with Crippen molar-refractivity contribution in [3.05, 3.63) is 59.4 Å². The molecule has 0 bridgehead atoms. The number of aliphatic imine (C=N–C) groups is 1. The number of aromatic nitrogens is 2. The fourth-order valence-corrected chi connectivity index (χ4v) is 3.12. The number of guanidine groups is 1. The molecule has 0 radical (unpaired) electrons. The second-order valence-corrected chi connectivity index (χ2v) is 5.59. The number of nitrogens with zero attached hydrogens (tertiary/aromatic N) is 5. The smallest absolute Gasteiger partial charge is 0.344 e. The van der Waals surface area contributed by atoms with Gasteiger partial charge in [-0.25, -0.2) is 4.98 Å². The molecule has 1 aromatic heterocycles. The van der Waals surface area contributed by atoms with E-state index < -0.39 is 0 Å². The average Bonchev–Trinajstić information content (AvgIpc) is 3.13. The van der Waals surface area contributed by atoms with Crippen molar-refractivity contribution < 1.29 is 9.69 Å². The first-order chi connectivity index (χ1) is 10.7. The number of oxime groups is 1. The van der Waals surface area contributed by atoms with Crippen molar-refractivity contribution in [2.24, 2.45) is 15.9 Å². The molecule has 1 unspecified atom stereocenters. The van der Waals surface area contributed by atoms with Crippen molar-refractivity contribution in [2.75, 3.05) is 0 Å². The van der Waals surface area contributed by atoms with E-state index in [1.165, 1.54) is 0 Å². The molecule has 3 heterocycles. The minimum atomic E-state index is 0.0246. The molecular formula is C14H12ClN6O+. The Balaban J connectivity index is 2.08. The SMILES string of the molecule is NC(=NO)[N+]12C=CN=C1c1ccc(Cl)cc1-n1cncc1C2. The highest BCUT2D eigenvalue weighted by atomic mass is 35.5. The lowest BCUT2D eigenvalue weighted by Gasteiger charge is -2.27. The molecule has 0 spiro atoms. The van der Waals surface area contributed by atoms with Crippen LogP contribution in [0.15, 0.2) is 53.3 Å². The van der Waals surface area contributed by atoms with Crippen LogP contribution in [0.3, 0.4) is 0 Å². The number of amidine groups is 1. The summed E-state index contributed by atoms with van der Waals surface area (Å²) >= 11 is 6.15. The number of rotatable bonds is 0. The van der Waals surface area contributed by atoms with Gasteiger partial charge in [-0.15, -0.1) is 0 Å². The Morgan fingerprint density at radius 3 is 3.14 bits per heavy atom. The summed E-state index contributed by atoms with van der Waals surface area (Å²) in [5, 5.41) is 13.1. The summed E-state index contributed by atoms with van der Waals surface area (Å²) in [7, 11) is 0. The van der Waals surface area contributed by atoms with E-state index >= 15 is 0 Å². The molecule has 0 saturated carbocycles. The van der Waals surface area contributed by atoms with Crippen LogP contribution in [0, 0.1) is 0 Å². The van der Waals surface area contributed by atoms with Crippen molar-refractivity contribution in [2.45, 2.75) is 6.54 Å². The number of nitrogens with two attached hydrogens (primary N) is 1. The van der Waals surface area contributed by atoms with E-state index in [2.05, 4.69) is 15.1 Å². The van der Waals surface area contributed by atoms with Gasteiger partial charge in [0.25, 0.3) is 0 Å². The van der Waals surface area contributed by atoms with Crippen LogP contribution in [0.5, 0.6) is 0 Å². The van der Waals surface area contributed by atoms with E-state index in [9.17, 15) is 5.21 Å². The minimum Gasteiger partial charge on any atom is -0.405 e. The Hall–Kier alpha value is -2.64. The molecule has 110 valence electrons. The molecule has 0 fully saturated rings. The predicted molar refractivity (Wildman–Crippen MR) is 81.6 cm³/mol. The molecule has 22 heavy (non-hydrogen) atoms. The average molecular weight is 316 g/mol. The maximum absolute atomic E-state index is 9.23. The summed E-state index contributed by atoms with van der Waals surface area (Å²) in [5.74, 6) is 0.730. The Bertz CT molecular complexity index is 868. The van der Waals surface area contributed by atoms with Crippen LogP contribution in [0.25, 0.3) is 5.69 Å². The molecule has 0 saturated heterocycles. The molecule has 4 rings (SSSR count). The van der Waals surface area contributed by atoms with Crippen molar-refractivity contribution >= 4 is 23.4 Å². The van der Waals surface area contributed by atoms with Crippen LogP contribution in [-0.2, 0) is 6.54 Å². The summed E-state index contributed by atoms with van der Waals surface area (Å²) in [4.78, 5) is 8.66. The molecule has 1 aromatic carbocycles. The zero-order chi connectivity index (χ0) is 15.3. The zero-order valence-corrected chi connectivity index (χ0v) is 12.1. The van der Waals surface area contributed by atoms with Gasteiger partial charge in [-0.05, 0) is 23.4 Å². The van der Waals surface area contributed by atoms with Crippen LogP contribution < -0.4 is 5.73 Å². The Kier molecular flexibility index (Phi) is 2.63. The van der Waals surface area contributed by atoms with Gasteiger partial charge in [-0.1, -0.05) is 11.6 Å². The Labute approximate surface area is 130 Å². The van der Waals surface area contributed by atoms with Gasteiger partial charge < -0.3 is 10.9 Å². The first-order valence-electron chi connectivity index (χ1n) is 6.59. The molecule has 0 amide bonds.